The van der Waals surface area contributed by atoms with Crippen LogP contribution in [0.15, 0.2) is 35.8 Å². The molecule has 8 nitrogen and oxygen atoms in total. The molecule has 0 radical (unpaired) electrons. The first-order valence-corrected chi connectivity index (χ1v) is 7.86. The van der Waals surface area contributed by atoms with Gasteiger partial charge in [0.15, 0.2) is 0 Å². The number of aromatic nitrogens is 2. The predicted molar refractivity (Wildman–Crippen MR) is 90.0 cm³/mol. The maximum atomic E-state index is 12.0. The minimum absolute atomic E-state index is 0.0123. The van der Waals surface area contributed by atoms with Gasteiger partial charge in [0.2, 0.25) is 5.88 Å². The summed E-state index contributed by atoms with van der Waals surface area (Å²) < 4.78 is 10.8. The van der Waals surface area contributed by atoms with Gasteiger partial charge in [0.05, 0.1) is 35.3 Å². The lowest BCUT2D eigenvalue weighted by molar-refractivity contribution is -0.138. The molecule has 0 spiro atoms. The van der Waals surface area contributed by atoms with Gasteiger partial charge in [0.1, 0.15) is 12.9 Å². The highest BCUT2D eigenvalue weighted by atomic mass is 16.5. The first-order chi connectivity index (χ1) is 12.1. The van der Waals surface area contributed by atoms with E-state index >= 15 is 0 Å². The van der Waals surface area contributed by atoms with Crippen molar-refractivity contribution in [2.24, 2.45) is 0 Å². The third-order valence-corrected chi connectivity index (χ3v) is 3.68. The maximum Gasteiger partial charge on any atom is 0.337 e. The monoisotopic (exact) mass is 342 g/mol. The summed E-state index contributed by atoms with van der Waals surface area (Å²) in [6.45, 7) is 4.01. The molecule has 25 heavy (non-hydrogen) atoms. The van der Waals surface area contributed by atoms with Crippen molar-refractivity contribution >= 4 is 22.9 Å². The van der Waals surface area contributed by atoms with E-state index in [1.54, 1.807) is 6.92 Å². The number of nitrogens with zero attached hydrogens (tertiary/aromatic N) is 2. The fourth-order valence-electron chi connectivity index (χ4n) is 2.47. The molecule has 0 atom stereocenters. The molecule has 0 saturated heterocycles. The van der Waals surface area contributed by atoms with Gasteiger partial charge < -0.3 is 20.1 Å². The van der Waals surface area contributed by atoms with Crippen LogP contribution in [0, 0.1) is 6.92 Å². The highest BCUT2D eigenvalue weighted by Crippen LogP contribution is 2.23. The molecule has 3 rings (SSSR count). The van der Waals surface area contributed by atoms with Gasteiger partial charge in [-0.25, -0.2) is 19.6 Å². The van der Waals surface area contributed by atoms with Gasteiger partial charge in [0, 0.05) is 0 Å². The summed E-state index contributed by atoms with van der Waals surface area (Å²) in [5.74, 6) is -0.103. The van der Waals surface area contributed by atoms with Crippen LogP contribution in [0.4, 0.5) is 4.79 Å². The van der Waals surface area contributed by atoms with E-state index in [1.165, 1.54) is 6.33 Å². The number of aryl methyl sites for hydroxylation is 1. The SMILES string of the molecule is CCOC(=O)C1=C(COc2ncnc3ccc(C)cc23)NC(=O)NC1. The van der Waals surface area contributed by atoms with Crippen LogP contribution in [0.1, 0.15) is 12.5 Å². The molecule has 1 aromatic carbocycles. The lowest BCUT2D eigenvalue weighted by Gasteiger charge is -2.21. The molecule has 0 aliphatic carbocycles. The van der Waals surface area contributed by atoms with E-state index in [4.69, 9.17) is 9.47 Å². The molecular formula is C17H18N4O4. The van der Waals surface area contributed by atoms with Crippen LogP contribution < -0.4 is 15.4 Å². The van der Waals surface area contributed by atoms with Crippen molar-refractivity contribution in [1.82, 2.24) is 20.6 Å². The Hall–Kier alpha value is -3.16. The van der Waals surface area contributed by atoms with Crippen LogP contribution in [0.2, 0.25) is 0 Å². The van der Waals surface area contributed by atoms with Gasteiger partial charge in [-0.05, 0) is 26.0 Å². The van der Waals surface area contributed by atoms with Crippen molar-refractivity contribution in [3.05, 3.63) is 41.4 Å². The Kier molecular flexibility index (Phi) is 4.78. The number of esters is 1. The molecule has 2 amide bonds. The summed E-state index contributed by atoms with van der Waals surface area (Å²) in [6.07, 6.45) is 1.41. The fraction of sp³-hybridized carbons (Fsp3) is 0.294. The molecule has 130 valence electrons. The molecule has 0 unspecified atom stereocenters. The largest absolute Gasteiger partial charge is 0.471 e. The summed E-state index contributed by atoms with van der Waals surface area (Å²) in [5, 5.41) is 5.91. The van der Waals surface area contributed by atoms with Crippen molar-refractivity contribution in [3.63, 3.8) is 0 Å². The first kappa shape index (κ1) is 16.7. The minimum atomic E-state index is -0.489. The molecule has 2 N–H and O–H groups in total. The molecule has 1 aromatic heterocycles. The number of hydrogen-bond acceptors (Lipinski definition) is 6. The molecule has 1 aliphatic rings. The average molecular weight is 342 g/mol. The predicted octanol–water partition coefficient (Wildman–Crippen LogP) is 1.45. The van der Waals surface area contributed by atoms with Crippen LogP contribution in [-0.2, 0) is 9.53 Å². The molecule has 2 aromatic rings. The fourth-order valence-corrected chi connectivity index (χ4v) is 2.47. The molecule has 0 fully saturated rings. The standard InChI is InChI=1S/C17H18N4O4/c1-3-24-16(22)12-7-18-17(23)21-14(12)8-25-15-11-6-10(2)4-5-13(11)19-9-20-15/h4-6,9H,3,7-8H2,1-2H3,(H2,18,21,23). The van der Waals surface area contributed by atoms with E-state index in [9.17, 15) is 9.59 Å². The smallest absolute Gasteiger partial charge is 0.337 e. The number of hydrogen-bond donors (Lipinski definition) is 2. The molecule has 0 saturated carbocycles. The van der Waals surface area contributed by atoms with Gasteiger partial charge in [-0.1, -0.05) is 11.6 Å². The Balaban J connectivity index is 1.87. The number of urea groups is 1. The summed E-state index contributed by atoms with van der Waals surface area (Å²) in [7, 11) is 0. The second kappa shape index (κ2) is 7.16. The number of rotatable bonds is 5. The normalized spacial score (nSPS) is 14.1. The van der Waals surface area contributed by atoms with Gasteiger partial charge in [-0.15, -0.1) is 0 Å². The van der Waals surface area contributed by atoms with Gasteiger partial charge >= 0.3 is 12.0 Å². The number of ether oxygens (including phenoxy) is 2. The summed E-state index contributed by atoms with van der Waals surface area (Å²) in [4.78, 5) is 32.0. The highest BCUT2D eigenvalue weighted by Gasteiger charge is 2.24. The third kappa shape index (κ3) is 3.68. The zero-order valence-corrected chi connectivity index (χ0v) is 14.0. The maximum absolute atomic E-state index is 12.0. The Labute approximate surface area is 144 Å². The second-order valence-corrected chi connectivity index (χ2v) is 5.47. The summed E-state index contributed by atoms with van der Waals surface area (Å²) >= 11 is 0. The molecule has 8 heteroatoms. The van der Waals surface area contributed by atoms with Crippen LogP contribution in [-0.4, -0.2) is 41.7 Å². The minimum Gasteiger partial charge on any atom is -0.471 e. The zero-order valence-electron chi connectivity index (χ0n) is 14.0. The Bertz CT molecular complexity index is 863. The summed E-state index contributed by atoms with van der Waals surface area (Å²) in [6, 6.07) is 5.37. The number of amides is 2. The van der Waals surface area contributed by atoms with E-state index in [1.807, 2.05) is 25.1 Å². The van der Waals surface area contributed by atoms with E-state index in [0.29, 0.717) is 17.2 Å². The molecule has 0 bridgehead atoms. The van der Waals surface area contributed by atoms with E-state index in [2.05, 4.69) is 20.6 Å². The van der Waals surface area contributed by atoms with Gasteiger partial charge in [-0.2, -0.15) is 0 Å². The van der Waals surface area contributed by atoms with Crippen LogP contribution in [0.5, 0.6) is 5.88 Å². The first-order valence-electron chi connectivity index (χ1n) is 7.86. The lowest BCUT2D eigenvalue weighted by Crippen LogP contribution is -2.45. The topological polar surface area (TPSA) is 102 Å². The Morgan fingerprint density at radius 3 is 2.96 bits per heavy atom. The number of fused-ring (bicyclic) bond motifs is 1. The van der Waals surface area contributed by atoms with E-state index in [0.717, 1.165) is 16.5 Å². The van der Waals surface area contributed by atoms with Crippen molar-refractivity contribution in [2.45, 2.75) is 13.8 Å². The van der Waals surface area contributed by atoms with Crippen molar-refractivity contribution in [1.29, 1.82) is 0 Å². The van der Waals surface area contributed by atoms with Gasteiger partial charge in [0.25, 0.3) is 0 Å². The Morgan fingerprint density at radius 2 is 2.16 bits per heavy atom. The Morgan fingerprint density at radius 1 is 1.32 bits per heavy atom. The van der Waals surface area contributed by atoms with Crippen LogP contribution >= 0.6 is 0 Å². The number of carbonyl (C=O) groups is 2. The van der Waals surface area contributed by atoms with E-state index < -0.39 is 12.0 Å². The molecule has 1 aliphatic heterocycles. The van der Waals surface area contributed by atoms with E-state index in [-0.39, 0.29) is 19.8 Å². The molecule has 2 heterocycles. The van der Waals surface area contributed by atoms with Gasteiger partial charge in [-0.3, -0.25) is 0 Å². The van der Waals surface area contributed by atoms with Crippen molar-refractivity contribution in [3.8, 4) is 5.88 Å². The third-order valence-electron chi connectivity index (χ3n) is 3.68. The quantitative estimate of drug-likeness (QED) is 0.797. The second-order valence-electron chi connectivity index (χ2n) is 5.47. The van der Waals surface area contributed by atoms with Crippen LogP contribution in [0.25, 0.3) is 10.9 Å². The van der Waals surface area contributed by atoms with Crippen molar-refractivity contribution < 1.29 is 19.1 Å². The number of carbonyl (C=O) groups excluding carboxylic acids is 2. The zero-order chi connectivity index (χ0) is 17.8. The lowest BCUT2D eigenvalue weighted by atomic mass is 10.1. The van der Waals surface area contributed by atoms with Crippen LogP contribution in [0.3, 0.4) is 0 Å². The number of nitrogens with one attached hydrogen (secondary N) is 2. The average Bonchev–Trinajstić information content (AvgIpc) is 2.60. The number of benzene rings is 1. The molecular weight excluding hydrogens is 324 g/mol. The van der Waals surface area contributed by atoms with Crippen molar-refractivity contribution in [2.75, 3.05) is 19.8 Å². The highest BCUT2D eigenvalue weighted by molar-refractivity contribution is 5.93. The summed E-state index contributed by atoms with van der Waals surface area (Å²) in [5.41, 5.74) is 2.50.